The minimum atomic E-state index is -5.32. The summed E-state index contributed by atoms with van der Waals surface area (Å²) in [5, 5.41) is 11.3. The van der Waals surface area contributed by atoms with Gasteiger partial charge in [0.05, 0.1) is 65.0 Å². The topological polar surface area (TPSA) is 261 Å². The van der Waals surface area contributed by atoms with E-state index in [0.717, 1.165) is 33.8 Å². The highest BCUT2D eigenvalue weighted by molar-refractivity contribution is 7.86. The van der Waals surface area contributed by atoms with E-state index in [1.807, 2.05) is 73.4 Å². The van der Waals surface area contributed by atoms with Crippen molar-refractivity contribution < 1.29 is 77.1 Å². The van der Waals surface area contributed by atoms with E-state index in [1.165, 1.54) is 6.07 Å². The van der Waals surface area contributed by atoms with Crippen molar-refractivity contribution in [3.05, 3.63) is 95.7 Å². The molecule has 0 bridgehead atoms. The molecule has 0 aliphatic carbocycles. The number of carboxylic acid groups (broad SMARTS) is 1. The molecule has 21 heteroatoms. The van der Waals surface area contributed by atoms with Gasteiger partial charge in [-0.15, -0.1) is 0 Å². The second-order valence-corrected chi connectivity index (χ2v) is 22.2. The molecule has 2 aliphatic rings. The predicted molar refractivity (Wildman–Crippen MR) is 264 cm³/mol. The average molecular weight is 1040 g/mol. The molecule has 0 saturated heterocycles. The number of unbranched alkanes of at least 4 members (excludes halogenated alkanes) is 2. The SMILES string of the molecule is COCCOCCOCCOCCC1(C)/C(=C\C=C\C2=[N+](CCOC)c3ccc4ccccc4c3C2(C)CCCS(=O)(=O)[O-])N(CCCCCC(=O)O)c2ccc3c(S(=O)(=O)[O-])cc(S(=O)(=O)[O-])cc3c21. The van der Waals surface area contributed by atoms with Crippen LogP contribution in [0.2, 0.25) is 0 Å². The molecule has 2 heterocycles. The van der Waals surface area contributed by atoms with Crippen molar-refractivity contribution in [1.29, 1.82) is 0 Å². The number of carboxylic acids is 1. The van der Waals surface area contributed by atoms with E-state index in [4.69, 9.17) is 23.7 Å². The molecule has 2 atom stereocenters. The van der Waals surface area contributed by atoms with Crippen LogP contribution in [0.4, 0.5) is 11.4 Å². The van der Waals surface area contributed by atoms with Gasteiger partial charge >= 0.3 is 5.97 Å². The van der Waals surface area contributed by atoms with Gasteiger partial charge in [0.25, 0.3) is 0 Å². The summed E-state index contributed by atoms with van der Waals surface area (Å²) in [6, 6.07) is 16.7. The Morgan fingerprint density at radius 3 is 2.03 bits per heavy atom. The quantitative estimate of drug-likeness (QED) is 0.0367. The van der Waals surface area contributed by atoms with Crippen molar-refractivity contribution in [3.8, 4) is 0 Å². The minimum Gasteiger partial charge on any atom is -0.748 e. The average Bonchev–Trinajstić information content (AvgIpc) is 3.68. The van der Waals surface area contributed by atoms with Gasteiger partial charge in [-0.05, 0) is 103 Å². The van der Waals surface area contributed by atoms with Gasteiger partial charge in [0.1, 0.15) is 26.8 Å². The molecular weight excluding hydrogens is 981 g/mol. The van der Waals surface area contributed by atoms with Crippen LogP contribution in [0.15, 0.2) is 94.4 Å². The Balaban J connectivity index is 1.51. The highest BCUT2D eigenvalue weighted by atomic mass is 32.2. The van der Waals surface area contributed by atoms with Crippen LogP contribution in [0.5, 0.6) is 0 Å². The van der Waals surface area contributed by atoms with Gasteiger partial charge in [-0.1, -0.05) is 42.8 Å². The zero-order chi connectivity index (χ0) is 51.6. The van der Waals surface area contributed by atoms with Gasteiger partial charge in [-0.3, -0.25) is 4.79 Å². The van der Waals surface area contributed by atoms with E-state index in [1.54, 1.807) is 20.3 Å². The van der Waals surface area contributed by atoms with Crippen molar-refractivity contribution >= 4 is 75.0 Å². The van der Waals surface area contributed by atoms with Crippen LogP contribution in [0.3, 0.4) is 0 Å². The van der Waals surface area contributed by atoms with Crippen molar-refractivity contribution in [2.24, 2.45) is 0 Å². The summed E-state index contributed by atoms with van der Waals surface area (Å²) in [6.45, 7) is 7.09. The molecule has 2 aliphatic heterocycles. The maximum atomic E-state index is 12.8. The fraction of sp³-hybridized carbons (Fsp3) is 0.480. The highest BCUT2D eigenvalue weighted by Crippen LogP contribution is 2.54. The summed E-state index contributed by atoms with van der Waals surface area (Å²) < 4.78 is 142. The van der Waals surface area contributed by atoms with Gasteiger partial charge in [0.2, 0.25) is 5.69 Å². The highest BCUT2D eigenvalue weighted by Gasteiger charge is 2.49. The first kappa shape index (κ1) is 55.7. The zero-order valence-corrected chi connectivity index (χ0v) is 42.9. The molecule has 0 radical (unpaired) electrons. The Labute approximate surface area is 416 Å². The van der Waals surface area contributed by atoms with Crippen LogP contribution in [0.1, 0.15) is 69.9 Å². The van der Waals surface area contributed by atoms with Gasteiger partial charge in [0.15, 0.2) is 12.3 Å². The molecule has 0 saturated carbocycles. The standard InChI is InChI=1S/C50H64N2O16S3/c1-49(21-11-33-69(55,56)57)44(52(24-26-64-3)41-19-17-36-12-7-8-13-38(36)47(41)49)14-10-15-45-50(2,22-25-66-29-30-68-32-31-67-28-27-65-4)48-40-34-37(70(58,59)60)35-43(71(61,62)63)39(40)18-20-42(48)51(45)23-9-5-6-16-46(53)54/h7-8,10,12-15,17-20,34-35H,5-6,9,11,16,21-33H2,1-4H3,(H3-,53,54,55,56,57,58,59,60,61,62,63)/p-2. The lowest BCUT2D eigenvalue weighted by Crippen LogP contribution is -2.33. The number of allylic oxidation sites excluding steroid dienone is 4. The first-order valence-corrected chi connectivity index (χ1v) is 27.8. The molecule has 0 fully saturated rings. The van der Waals surface area contributed by atoms with Crippen LogP contribution >= 0.6 is 0 Å². The fourth-order valence-corrected chi connectivity index (χ4v) is 11.7. The molecule has 4 aromatic carbocycles. The molecule has 0 spiro atoms. The van der Waals surface area contributed by atoms with Gasteiger partial charge in [-0.25, -0.2) is 25.3 Å². The molecule has 1 N–H and O–H groups in total. The third kappa shape index (κ3) is 13.3. The number of hydrogen-bond donors (Lipinski definition) is 1. The van der Waals surface area contributed by atoms with E-state index in [9.17, 15) is 48.8 Å². The lowest BCUT2D eigenvalue weighted by Gasteiger charge is -2.31. The fourth-order valence-electron chi connectivity index (χ4n) is 9.93. The number of anilines is 1. The van der Waals surface area contributed by atoms with E-state index in [0.29, 0.717) is 94.8 Å². The molecule has 0 amide bonds. The minimum absolute atomic E-state index is 0.0411. The largest absolute Gasteiger partial charge is 0.748 e. The number of rotatable bonds is 29. The smallest absolute Gasteiger partial charge is 0.303 e. The van der Waals surface area contributed by atoms with E-state index >= 15 is 0 Å². The zero-order valence-electron chi connectivity index (χ0n) is 40.4. The van der Waals surface area contributed by atoms with Gasteiger partial charge in [0, 0.05) is 74.1 Å². The third-order valence-corrected chi connectivity index (χ3v) is 15.7. The lowest BCUT2D eigenvalue weighted by atomic mass is 9.74. The Morgan fingerprint density at radius 1 is 0.704 bits per heavy atom. The van der Waals surface area contributed by atoms with E-state index < -0.39 is 62.7 Å². The second kappa shape index (κ2) is 23.9. The van der Waals surface area contributed by atoms with Gasteiger partial charge in [-0.2, -0.15) is 4.58 Å². The van der Waals surface area contributed by atoms with Crippen molar-refractivity contribution in [2.45, 2.75) is 79.4 Å². The lowest BCUT2D eigenvalue weighted by molar-refractivity contribution is -0.441. The predicted octanol–water partition coefficient (Wildman–Crippen LogP) is 6.08. The Hall–Kier alpha value is -4.65. The first-order valence-electron chi connectivity index (χ1n) is 23.4. The molecule has 71 heavy (non-hydrogen) atoms. The maximum absolute atomic E-state index is 12.8. The molecular formula is C50H62N2O16S3-2. The summed E-state index contributed by atoms with van der Waals surface area (Å²) in [5.74, 6) is -1.49. The molecule has 6 rings (SSSR count). The van der Waals surface area contributed by atoms with Crippen molar-refractivity contribution in [1.82, 2.24) is 0 Å². The molecule has 388 valence electrons. The number of nitrogens with zero attached hydrogens (tertiary/aromatic N) is 2. The van der Waals surface area contributed by atoms with E-state index in [2.05, 4.69) is 4.58 Å². The first-order chi connectivity index (χ1) is 33.7. The third-order valence-electron chi connectivity index (χ3n) is 13.2. The molecule has 0 aromatic heterocycles. The van der Waals surface area contributed by atoms with Crippen LogP contribution < -0.4 is 4.90 Å². The number of aliphatic carboxylic acids is 1. The van der Waals surface area contributed by atoms with E-state index in [-0.39, 0.29) is 49.9 Å². The van der Waals surface area contributed by atoms with Crippen molar-refractivity contribution in [3.63, 3.8) is 0 Å². The van der Waals surface area contributed by atoms with Gasteiger partial charge < -0.3 is 47.3 Å². The summed E-state index contributed by atoms with van der Waals surface area (Å²) in [4.78, 5) is 11.7. The molecule has 2 unspecified atom stereocenters. The number of carbonyl (C=O) groups is 1. The Morgan fingerprint density at radius 2 is 1.38 bits per heavy atom. The summed E-state index contributed by atoms with van der Waals surface area (Å²) in [5.41, 5.74) is 2.35. The summed E-state index contributed by atoms with van der Waals surface area (Å²) >= 11 is 0. The number of methoxy groups -OCH3 is 2. The monoisotopic (exact) mass is 1040 g/mol. The summed E-state index contributed by atoms with van der Waals surface area (Å²) in [6.07, 6.45) is 7.66. The normalized spacial score (nSPS) is 19.0. The maximum Gasteiger partial charge on any atom is 0.303 e. The summed E-state index contributed by atoms with van der Waals surface area (Å²) in [7, 11) is -12.0. The Bertz CT molecular complexity index is 3010. The Kier molecular flexibility index (Phi) is 18.8. The van der Waals surface area contributed by atoms with Crippen LogP contribution in [-0.2, 0) is 69.7 Å². The van der Waals surface area contributed by atoms with Crippen LogP contribution in [0.25, 0.3) is 21.5 Å². The number of fused-ring (bicyclic) bond motifs is 6. The number of benzene rings is 4. The van der Waals surface area contributed by atoms with Crippen molar-refractivity contribution in [2.75, 3.05) is 90.8 Å². The molecule has 18 nitrogen and oxygen atoms in total. The van der Waals surface area contributed by atoms with Crippen LogP contribution in [0, 0.1) is 0 Å². The number of ether oxygens (including phenoxy) is 5. The number of hydrogen-bond acceptors (Lipinski definition) is 16. The molecule has 4 aromatic rings. The second-order valence-electron chi connectivity index (χ2n) is 18.0. The van der Waals surface area contributed by atoms with Crippen LogP contribution in [-0.4, -0.2) is 146 Å².